The highest BCUT2D eigenvalue weighted by Crippen LogP contribution is 2.33. The third kappa shape index (κ3) is 3.61. The van der Waals surface area contributed by atoms with Crippen molar-refractivity contribution >= 4 is 33.0 Å². The molecule has 0 aliphatic rings. The topological polar surface area (TPSA) is 47.6 Å². The van der Waals surface area contributed by atoms with E-state index in [1.165, 1.54) is 16.7 Å². The highest BCUT2D eigenvalue weighted by molar-refractivity contribution is 7.21. The van der Waals surface area contributed by atoms with Gasteiger partial charge in [-0.3, -0.25) is 4.79 Å². The molecule has 5 heteroatoms. The van der Waals surface area contributed by atoms with E-state index in [2.05, 4.69) is 24.4 Å². The SMILES string of the molecule is CCCc1c(C(=O)Nc2cc(OC)cc(OC)c2)sc2ccccc12. The lowest BCUT2D eigenvalue weighted by atomic mass is 10.1. The Bertz CT molecular complexity index is 879. The third-order valence-corrected chi connectivity index (χ3v) is 5.23. The Balaban J connectivity index is 1.96. The Morgan fingerprint density at radius 1 is 1.08 bits per heavy atom. The van der Waals surface area contributed by atoms with Crippen molar-refractivity contribution in [1.29, 1.82) is 0 Å². The first-order valence-corrected chi connectivity index (χ1v) is 9.02. The number of carbonyl (C=O) groups excluding carboxylic acids is 1. The Labute approximate surface area is 151 Å². The van der Waals surface area contributed by atoms with Gasteiger partial charge in [-0.2, -0.15) is 0 Å². The Morgan fingerprint density at radius 2 is 1.76 bits per heavy atom. The molecule has 0 saturated carbocycles. The van der Waals surface area contributed by atoms with Gasteiger partial charge in [-0.15, -0.1) is 11.3 Å². The lowest BCUT2D eigenvalue weighted by Crippen LogP contribution is -2.12. The molecule has 2 aromatic carbocycles. The van der Waals surface area contributed by atoms with Crippen molar-refractivity contribution < 1.29 is 14.3 Å². The second-order valence-corrected chi connectivity index (χ2v) is 6.76. The molecule has 1 N–H and O–H groups in total. The van der Waals surface area contributed by atoms with Crippen molar-refractivity contribution in [3.63, 3.8) is 0 Å². The minimum Gasteiger partial charge on any atom is -0.497 e. The number of hydrogen-bond acceptors (Lipinski definition) is 4. The summed E-state index contributed by atoms with van der Waals surface area (Å²) in [6.45, 7) is 2.13. The third-order valence-electron chi connectivity index (χ3n) is 4.01. The van der Waals surface area contributed by atoms with E-state index >= 15 is 0 Å². The second kappa shape index (κ2) is 7.57. The number of anilines is 1. The lowest BCUT2D eigenvalue weighted by Gasteiger charge is -2.10. The quantitative estimate of drug-likeness (QED) is 0.667. The van der Waals surface area contributed by atoms with Gasteiger partial charge in [-0.05, 0) is 23.4 Å². The summed E-state index contributed by atoms with van der Waals surface area (Å²) in [5.74, 6) is 1.18. The number of aryl methyl sites for hydroxylation is 1. The molecule has 1 heterocycles. The van der Waals surface area contributed by atoms with E-state index in [1.807, 2.05) is 12.1 Å². The van der Waals surface area contributed by atoms with E-state index < -0.39 is 0 Å². The molecule has 1 aromatic heterocycles. The molecule has 0 saturated heterocycles. The van der Waals surface area contributed by atoms with Crippen LogP contribution in [0.3, 0.4) is 0 Å². The summed E-state index contributed by atoms with van der Waals surface area (Å²) in [7, 11) is 3.18. The molecule has 0 spiro atoms. The summed E-state index contributed by atoms with van der Waals surface area (Å²) in [5.41, 5.74) is 1.77. The molecular weight excluding hydrogens is 334 g/mol. The monoisotopic (exact) mass is 355 g/mol. The van der Waals surface area contributed by atoms with E-state index in [0.29, 0.717) is 17.2 Å². The number of benzene rings is 2. The first-order chi connectivity index (χ1) is 12.2. The largest absolute Gasteiger partial charge is 0.497 e. The van der Waals surface area contributed by atoms with Gasteiger partial charge in [-0.25, -0.2) is 0 Å². The number of hydrogen-bond donors (Lipinski definition) is 1. The van der Waals surface area contributed by atoms with Crippen LogP contribution in [0, 0.1) is 0 Å². The Hall–Kier alpha value is -2.53. The predicted octanol–water partition coefficient (Wildman–Crippen LogP) is 5.12. The van der Waals surface area contributed by atoms with E-state index in [1.54, 1.807) is 32.4 Å². The van der Waals surface area contributed by atoms with Gasteiger partial charge in [0.1, 0.15) is 11.5 Å². The molecule has 0 aliphatic heterocycles. The average Bonchev–Trinajstić information content (AvgIpc) is 3.00. The number of thiophene rings is 1. The summed E-state index contributed by atoms with van der Waals surface area (Å²) in [5, 5.41) is 4.15. The maximum absolute atomic E-state index is 12.9. The van der Waals surface area contributed by atoms with Gasteiger partial charge in [-0.1, -0.05) is 31.5 Å². The van der Waals surface area contributed by atoms with Crippen molar-refractivity contribution in [2.24, 2.45) is 0 Å². The summed E-state index contributed by atoms with van der Waals surface area (Å²) in [4.78, 5) is 13.7. The van der Waals surface area contributed by atoms with Crippen LogP contribution in [0.2, 0.25) is 0 Å². The minimum absolute atomic E-state index is 0.0973. The maximum atomic E-state index is 12.9. The molecular formula is C20H21NO3S. The van der Waals surface area contributed by atoms with Crippen LogP contribution in [0.4, 0.5) is 5.69 Å². The van der Waals surface area contributed by atoms with Gasteiger partial charge < -0.3 is 14.8 Å². The van der Waals surface area contributed by atoms with Gasteiger partial charge >= 0.3 is 0 Å². The van der Waals surface area contributed by atoms with Gasteiger partial charge in [0.15, 0.2) is 0 Å². The summed E-state index contributed by atoms with van der Waals surface area (Å²) < 4.78 is 11.7. The molecule has 4 nitrogen and oxygen atoms in total. The van der Waals surface area contributed by atoms with Crippen molar-refractivity contribution in [3.8, 4) is 11.5 Å². The molecule has 0 aliphatic carbocycles. The highest BCUT2D eigenvalue weighted by Gasteiger charge is 2.18. The Morgan fingerprint density at radius 3 is 2.40 bits per heavy atom. The Kier molecular flexibility index (Phi) is 5.24. The maximum Gasteiger partial charge on any atom is 0.266 e. The van der Waals surface area contributed by atoms with Crippen LogP contribution in [0.15, 0.2) is 42.5 Å². The molecule has 3 aromatic rings. The zero-order valence-corrected chi connectivity index (χ0v) is 15.4. The lowest BCUT2D eigenvalue weighted by molar-refractivity contribution is 0.103. The summed E-state index contributed by atoms with van der Waals surface area (Å²) >= 11 is 1.54. The smallest absolute Gasteiger partial charge is 0.266 e. The van der Waals surface area contributed by atoms with Gasteiger partial charge in [0.2, 0.25) is 0 Å². The van der Waals surface area contributed by atoms with E-state index in [9.17, 15) is 4.79 Å². The molecule has 0 unspecified atom stereocenters. The first-order valence-electron chi connectivity index (χ1n) is 8.21. The van der Waals surface area contributed by atoms with Crippen molar-refractivity contribution in [2.75, 3.05) is 19.5 Å². The number of rotatable bonds is 6. The van der Waals surface area contributed by atoms with Crippen LogP contribution in [-0.4, -0.2) is 20.1 Å². The zero-order chi connectivity index (χ0) is 17.8. The first kappa shape index (κ1) is 17.3. The predicted molar refractivity (Wildman–Crippen MR) is 103 cm³/mol. The van der Waals surface area contributed by atoms with Crippen LogP contribution in [0.25, 0.3) is 10.1 Å². The number of fused-ring (bicyclic) bond motifs is 1. The van der Waals surface area contributed by atoms with Gasteiger partial charge in [0.05, 0.1) is 19.1 Å². The normalized spacial score (nSPS) is 10.7. The number of ether oxygens (including phenoxy) is 2. The fourth-order valence-electron chi connectivity index (χ4n) is 2.85. The molecule has 0 atom stereocenters. The zero-order valence-electron chi connectivity index (χ0n) is 14.6. The van der Waals surface area contributed by atoms with Crippen LogP contribution in [-0.2, 0) is 6.42 Å². The standard InChI is InChI=1S/C20H21NO3S/c1-4-7-17-16-8-5-6-9-18(16)25-19(17)20(22)21-13-10-14(23-2)12-15(11-13)24-3/h5-6,8-12H,4,7H2,1-3H3,(H,21,22). The van der Waals surface area contributed by atoms with Crippen LogP contribution >= 0.6 is 11.3 Å². The van der Waals surface area contributed by atoms with Crippen LogP contribution < -0.4 is 14.8 Å². The van der Waals surface area contributed by atoms with Crippen molar-refractivity contribution in [2.45, 2.75) is 19.8 Å². The number of nitrogens with one attached hydrogen (secondary N) is 1. The number of methoxy groups -OCH3 is 2. The fourth-order valence-corrected chi connectivity index (χ4v) is 3.99. The van der Waals surface area contributed by atoms with E-state index in [0.717, 1.165) is 28.0 Å². The molecule has 130 valence electrons. The highest BCUT2D eigenvalue weighted by atomic mass is 32.1. The molecule has 0 bridgehead atoms. The number of carbonyl (C=O) groups is 1. The molecule has 0 radical (unpaired) electrons. The summed E-state index contributed by atoms with van der Waals surface area (Å²) in [6, 6.07) is 13.5. The second-order valence-electron chi connectivity index (χ2n) is 5.71. The molecule has 1 amide bonds. The van der Waals surface area contributed by atoms with Gasteiger partial charge in [0.25, 0.3) is 5.91 Å². The van der Waals surface area contributed by atoms with Crippen LogP contribution in [0.1, 0.15) is 28.6 Å². The molecule has 25 heavy (non-hydrogen) atoms. The van der Waals surface area contributed by atoms with E-state index in [4.69, 9.17) is 9.47 Å². The summed E-state index contributed by atoms with van der Waals surface area (Å²) in [6.07, 6.45) is 1.88. The van der Waals surface area contributed by atoms with Crippen molar-refractivity contribution in [3.05, 3.63) is 52.9 Å². The fraction of sp³-hybridized carbons (Fsp3) is 0.250. The minimum atomic E-state index is -0.0973. The van der Waals surface area contributed by atoms with Crippen LogP contribution in [0.5, 0.6) is 11.5 Å². The molecule has 0 fully saturated rings. The number of amides is 1. The van der Waals surface area contributed by atoms with E-state index in [-0.39, 0.29) is 5.91 Å². The molecule has 3 rings (SSSR count). The van der Waals surface area contributed by atoms with Crippen molar-refractivity contribution in [1.82, 2.24) is 0 Å². The van der Waals surface area contributed by atoms with Gasteiger partial charge in [0, 0.05) is 28.6 Å². The average molecular weight is 355 g/mol.